The van der Waals surface area contributed by atoms with Crippen molar-refractivity contribution in [2.24, 2.45) is 0 Å². The summed E-state index contributed by atoms with van der Waals surface area (Å²) in [5.41, 5.74) is 3.12. The zero-order valence-corrected chi connectivity index (χ0v) is 11.1. The molecule has 1 aromatic rings. The average molecular weight is 246 g/mol. The Hall–Kier alpha value is -0.900. The minimum atomic E-state index is 0.239. The van der Waals surface area contributed by atoms with Crippen LogP contribution in [0.1, 0.15) is 11.1 Å². The van der Waals surface area contributed by atoms with Crippen LogP contribution in [0.2, 0.25) is 0 Å². The standard InChI is InChI=1S/C15H22N2O/c1-13-4-2-3-5-14(13)15(11-18-12-15)10-17-8-6-16-7-9-17/h2-5,16H,6-12H2,1H3. The summed E-state index contributed by atoms with van der Waals surface area (Å²) >= 11 is 0. The maximum absolute atomic E-state index is 5.55. The number of ether oxygens (including phenoxy) is 1. The van der Waals surface area contributed by atoms with Crippen molar-refractivity contribution in [3.05, 3.63) is 35.4 Å². The quantitative estimate of drug-likeness (QED) is 0.866. The van der Waals surface area contributed by atoms with E-state index in [0.717, 1.165) is 45.9 Å². The Balaban J connectivity index is 1.79. The van der Waals surface area contributed by atoms with Crippen LogP contribution >= 0.6 is 0 Å². The predicted molar refractivity (Wildman–Crippen MR) is 73.0 cm³/mol. The van der Waals surface area contributed by atoms with E-state index in [1.54, 1.807) is 0 Å². The fourth-order valence-corrected chi connectivity index (χ4v) is 3.15. The van der Waals surface area contributed by atoms with Crippen LogP contribution in [0.15, 0.2) is 24.3 Å². The van der Waals surface area contributed by atoms with E-state index in [-0.39, 0.29) is 5.41 Å². The highest BCUT2D eigenvalue weighted by molar-refractivity contribution is 5.36. The van der Waals surface area contributed by atoms with Crippen molar-refractivity contribution in [1.82, 2.24) is 10.2 Å². The van der Waals surface area contributed by atoms with Crippen molar-refractivity contribution in [2.45, 2.75) is 12.3 Å². The van der Waals surface area contributed by atoms with Gasteiger partial charge < -0.3 is 10.1 Å². The molecule has 0 amide bonds. The lowest BCUT2D eigenvalue weighted by molar-refractivity contribution is -0.0759. The smallest absolute Gasteiger partial charge is 0.0598 e. The third-order valence-electron chi connectivity index (χ3n) is 4.21. The van der Waals surface area contributed by atoms with E-state index in [1.165, 1.54) is 11.1 Å². The van der Waals surface area contributed by atoms with Gasteiger partial charge in [0.15, 0.2) is 0 Å². The maximum Gasteiger partial charge on any atom is 0.0598 e. The second kappa shape index (κ2) is 5.00. The van der Waals surface area contributed by atoms with Gasteiger partial charge in [0.05, 0.1) is 18.6 Å². The molecule has 0 atom stereocenters. The Morgan fingerprint density at radius 2 is 1.94 bits per heavy atom. The third-order valence-corrected chi connectivity index (χ3v) is 4.21. The Morgan fingerprint density at radius 1 is 1.22 bits per heavy atom. The second-order valence-electron chi connectivity index (χ2n) is 5.61. The molecule has 0 unspecified atom stereocenters. The SMILES string of the molecule is Cc1ccccc1C1(CN2CCNCC2)COC1. The fourth-order valence-electron chi connectivity index (χ4n) is 3.15. The van der Waals surface area contributed by atoms with Crippen LogP contribution in [0.5, 0.6) is 0 Å². The molecular weight excluding hydrogens is 224 g/mol. The Labute approximate surface area is 109 Å². The van der Waals surface area contributed by atoms with Crippen LogP contribution in [-0.4, -0.2) is 50.8 Å². The Morgan fingerprint density at radius 3 is 2.56 bits per heavy atom. The van der Waals surface area contributed by atoms with E-state index in [2.05, 4.69) is 41.4 Å². The normalized spacial score (nSPS) is 23.6. The van der Waals surface area contributed by atoms with Gasteiger partial charge in [-0.1, -0.05) is 24.3 Å². The number of nitrogens with one attached hydrogen (secondary N) is 1. The van der Waals surface area contributed by atoms with Gasteiger partial charge in [-0.15, -0.1) is 0 Å². The van der Waals surface area contributed by atoms with Crippen LogP contribution in [0, 0.1) is 6.92 Å². The van der Waals surface area contributed by atoms with E-state index in [1.807, 2.05) is 0 Å². The highest BCUT2D eigenvalue weighted by atomic mass is 16.5. The fraction of sp³-hybridized carbons (Fsp3) is 0.600. The average Bonchev–Trinajstić information content (AvgIpc) is 2.36. The van der Waals surface area contributed by atoms with E-state index in [4.69, 9.17) is 4.74 Å². The molecule has 98 valence electrons. The summed E-state index contributed by atoms with van der Waals surface area (Å²) in [6, 6.07) is 8.77. The lowest BCUT2D eigenvalue weighted by Crippen LogP contribution is -2.57. The first-order valence-corrected chi connectivity index (χ1v) is 6.87. The largest absolute Gasteiger partial charge is 0.379 e. The van der Waals surface area contributed by atoms with Gasteiger partial charge in [0, 0.05) is 32.7 Å². The van der Waals surface area contributed by atoms with E-state index >= 15 is 0 Å². The molecule has 0 aromatic heterocycles. The first-order chi connectivity index (χ1) is 8.80. The van der Waals surface area contributed by atoms with Crippen molar-refractivity contribution >= 4 is 0 Å². The number of aryl methyl sites for hydroxylation is 1. The highest BCUT2D eigenvalue weighted by Gasteiger charge is 2.42. The van der Waals surface area contributed by atoms with Gasteiger partial charge >= 0.3 is 0 Å². The molecule has 0 radical (unpaired) electrons. The van der Waals surface area contributed by atoms with E-state index in [9.17, 15) is 0 Å². The first-order valence-electron chi connectivity index (χ1n) is 6.87. The number of hydrogen-bond donors (Lipinski definition) is 1. The van der Waals surface area contributed by atoms with E-state index < -0.39 is 0 Å². The zero-order valence-electron chi connectivity index (χ0n) is 11.1. The Kier molecular flexibility index (Phi) is 3.37. The molecule has 0 spiro atoms. The minimum Gasteiger partial charge on any atom is -0.379 e. The van der Waals surface area contributed by atoms with Gasteiger partial charge in [-0.3, -0.25) is 4.90 Å². The number of hydrogen-bond acceptors (Lipinski definition) is 3. The summed E-state index contributed by atoms with van der Waals surface area (Å²) in [6.45, 7) is 9.66. The van der Waals surface area contributed by atoms with Gasteiger partial charge in [0.1, 0.15) is 0 Å². The molecule has 2 aliphatic heterocycles. The number of piperazine rings is 1. The molecule has 3 rings (SSSR count). The maximum atomic E-state index is 5.55. The minimum absolute atomic E-state index is 0.239. The van der Waals surface area contributed by atoms with Gasteiger partial charge in [0.25, 0.3) is 0 Å². The monoisotopic (exact) mass is 246 g/mol. The molecule has 3 nitrogen and oxygen atoms in total. The van der Waals surface area contributed by atoms with Gasteiger partial charge in [-0.2, -0.15) is 0 Å². The molecule has 0 saturated carbocycles. The predicted octanol–water partition coefficient (Wildman–Crippen LogP) is 1.17. The van der Waals surface area contributed by atoms with Crippen molar-refractivity contribution in [2.75, 3.05) is 45.9 Å². The van der Waals surface area contributed by atoms with Gasteiger partial charge in [-0.25, -0.2) is 0 Å². The number of rotatable bonds is 3. The molecule has 3 heteroatoms. The number of benzene rings is 1. The lowest BCUT2D eigenvalue weighted by atomic mass is 9.76. The first kappa shape index (κ1) is 12.2. The number of nitrogens with zero attached hydrogens (tertiary/aromatic N) is 1. The molecular formula is C15H22N2O. The third kappa shape index (κ3) is 2.18. The molecule has 0 aliphatic carbocycles. The van der Waals surface area contributed by atoms with Gasteiger partial charge in [0.2, 0.25) is 0 Å². The molecule has 1 aromatic carbocycles. The van der Waals surface area contributed by atoms with Crippen LogP contribution in [0.3, 0.4) is 0 Å². The van der Waals surface area contributed by atoms with Crippen LogP contribution < -0.4 is 5.32 Å². The molecule has 1 N–H and O–H groups in total. The molecule has 2 aliphatic rings. The molecule has 2 fully saturated rings. The van der Waals surface area contributed by atoms with Crippen LogP contribution in [-0.2, 0) is 10.2 Å². The molecule has 0 bridgehead atoms. The van der Waals surface area contributed by atoms with Gasteiger partial charge in [-0.05, 0) is 18.1 Å². The van der Waals surface area contributed by atoms with Crippen molar-refractivity contribution in [1.29, 1.82) is 0 Å². The summed E-state index contributed by atoms with van der Waals surface area (Å²) < 4.78 is 5.55. The van der Waals surface area contributed by atoms with Crippen LogP contribution in [0.25, 0.3) is 0 Å². The van der Waals surface area contributed by atoms with Crippen molar-refractivity contribution in [3.63, 3.8) is 0 Å². The zero-order chi connectivity index (χ0) is 12.4. The summed E-state index contributed by atoms with van der Waals surface area (Å²) in [7, 11) is 0. The van der Waals surface area contributed by atoms with Crippen molar-refractivity contribution < 1.29 is 4.74 Å². The Bertz CT molecular complexity index is 409. The van der Waals surface area contributed by atoms with Crippen LogP contribution in [0.4, 0.5) is 0 Å². The lowest BCUT2D eigenvalue weighted by Gasteiger charge is -2.46. The van der Waals surface area contributed by atoms with E-state index in [0.29, 0.717) is 0 Å². The molecule has 2 heterocycles. The topological polar surface area (TPSA) is 24.5 Å². The highest BCUT2D eigenvalue weighted by Crippen LogP contribution is 2.35. The molecule has 18 heavy (non-hydrogen) atoms. The summed E-state index contributed by atoms with van der Waals surface area (Å²) in [4.78, 5) is 2.57. The summed E-state index contributed by atoms with van der Waals surface area (Å²) in [5, 5.41) is 3.41. The molecule has 2 saturated heterocycles. The van der Waals surface area contributed by atoms with Crippen molar-refractivity contribution in [3.8, 4) is 0 Å². The summed E-state index contributed by atoms with van der Waals surface area (Å²) in [5.74, 6) is 0. The summed E-state index contributed by atoms with van der Waals surface area (Å²) in [6.07, 6.45) is 0. The second-order valence-corrected chi connectivity index (χ2v) is 5.61.